The normalized spacial score (nSPS) is 11.5. The third-order valence-electron chi connectivity index (χ3n) is 3.10. The number of aryl methyl sites for hydroxylation is 1. The van der Waals surface area contributed by atoms with Gasteiger partial charge in [0.25, 0.3) is 0 Å². The highest BCUT2D eigenvalue weighted by atomic mass is 32.2. The second-order valence-electron chi connectivity index (χ2n) is 4.87. The maximum absolute atomic E-state index is 11.7. The first-order valence-corrected chi connectivity index (χ1v) is 8.38. The summed E-state index contributed by atoms with van der Waals surface area (Å²) in [6.45, 7) is 1.88. The molecule has 0 atom stereocenters. The number of aromatic nitrogens is 3. The van der Waals surface area contributed by atoms with E-state index in [0.29, 0.717) is 22.5 Å². The molecule has 3 rings (SSSR count). The summed E-state index contributed by atoms with van der Waals surface area (Å²) in [5.41, 5.74) is 1.48. The highest BCUT2D eigenvalue weighted by Crippen LogP contribution is 2.28. The summed E-state index contributed by atoms with van der Waals surface area (Å²) in [4.78, 5) is 12.6. The zero-order valence-electron chi connectivity index (χ0n) is 12.0. The van der Waals surface area contributed by atoms with Crippen LogP contribution in [0.25, 0.3) is 10.9 Å². The molecule has 22 heavy (non-hydrogen) atoms. The molecule has 1 aromatic carbocycles. The predicted octanol–water partition coefficient (Wildman–Crippen LogP) is 2.53. The molecule has 2 aromatic heterocycles. The van der Waals surface area contributed by atoms with Gasteiger partial charge in [-0.2, -0.15) is 0 Å². The van der Waals surface area contributed by atoms with E-state index in [9.17, 15) is 8.42 Å². The first-order chi connectivity index (χ1) is 10.4. The maximum Gasteiger partial charge on any atom is 0.230 e. The van der Waals surface area contributed by atoms with Crippen molar-refractivity contribution in [1.82, 2.24) is 15.0 Å². The van der Waals surface area contributed by atoms with Crippen LogP contribution in [0.1, 0.15) is 5.69 Å². The van der Waals surface area contributed by atoms with Crippen LogP contribution in [-0.2, 0) is 9.84 Å². The van der Waals surface area contributed by atoms with Crippen LogP contribution < -0.4 is 4.74 Å². The Labute approximate surface area is 127 Å². The quantitative estimate of drug-likeness (QED) is 0.738. The number of pyridine rings is 1. The van der Waals surface area contributed by atoms with E-state index in [1.54, 1.807) is 18.3 Å². The van der Waals surface area contributed by atoms with Crippen LogP contribution in [0.5, 0.6) is 11.6 Å². The van der Waals surface area contributed by atoms with Crippen molar-refractivity contribution < 1.29 is 13.2 Å². The number of fused-ring (bicyclic) bond motifs is 1. The Morgan fingerprint density at radius 1 is 1.05 bits per heavy atom. The Morgan fingerprint density at radius 2 is 1.86 bits per heavy atom. The molecule has 0 bridgehead atoms. The smallest absolute Gasteiger partial charge is 0.230 e. The summed E-state index contributed by atoms with van der Waals surface area (Å²) in [5.74, 6) is 0.816. The van der Waals surface area contributed by atoms with E-state index >= 15 is 0 Å². The summed E-state index contributed by atoms with van der Waals surface area (Å²) >= 11 is 0. The summed E-state index contributed by atoms with van der Waals surface area (Å²) < 4.78 is 29.1. The van der Waals surface area contributed by atoms with Gasteiger partial charge in [0.1, 0.15) is 12.1 Å². The van der Waals surface area contributed by atoms with E-state index in [1.165, 1.54) is 18.5 Å². The van der Waals surface area contributed by atoms with Gasteiger partial charge >= 0.3 is 0 Å². The Bertz CT molecular complexity index is 938. The fourth-order valence-corrected chi connectivity index (χ4v) is 2.60. The minimum absolute atomic E-state index is 0.196. The number of benzene rings is 1. The van der Waals surface area contributed by atoms with Crippen molar-refractivity contribution in [2.75, 3.05) is 6.26 Å². The zero-order valence-corrected chi connectivity index (χ0v) is 12.8. The van der Waals surface area contributed by atoms with E-state index in [0.717, 1.165) is 11.9 Å². The molecule has 2 heterocycles. The average Bonchev–Trinajstić information content (AvgIpc) is 2.48. The third kappa shape index (κ3) is 2.89. The molecule has 0 spiro atoms. The van der Waals surface area contributed by atoms with Crippen LogP contribution >= 0.6 is 0 Å². The van der Waals surface area contributed by atoms with E-state index in [4.69, 9.17) is 4.74 Å². The zero-order chi connectivity index (χ0) is 15.7. The van der Waals surface area contributed by atoms with Crippen LogP contribution in [0, 0.1) is 6.92 Å². The molecule has 6 nitrogen and oxygen atoms in total. The molecule has 112 valence electrons. The topological polar surface area (TPSA) is 82.0 Å². The lowest BCUT2D eigenvalue weighted by Gasteiger charge is -2.08. The lowest BCUT2D eigenvalue weighted by Crippen LogP contribution is -1.98. The van der Waals surface area contributed by atoms with Crippen LogP contribution in [0.2, 0.25) is 0 Å². The Hall–Kier alpha value is -2.54. The fourth-order valence-electron chi connectivity index (χ4n) is 1.95. The van der Waals surface area contributed by atoms with Crippen molar-refractivity contribution in [3.8, 4) is 11.6 Å². The van der Waals surface area contributed by atoms with Gasteiger partial charge in [0.2, 0.25) is 5.88 Å². The van der Waals surface area contributed by atoms with Gasteiger partial charge in [-0.3, -0.25) is 4.98 Å². The van der Waals surface area contributed by atoms with Crippen molar-refractivity contribution in [3.05, 3.63) is 48.5 Å². The van der Waals surface area contributed by atoms with E-state index in [2.05, 4.69) is 15.0 Å². The Morgan fingerprint density at radius 3 is 2.55 bits per heavy atom. The minimum atomic E-state index is -3.31. The fraction of sp³-hybridized carbons (Fsp3) is 0.133. The van der Waals surface area contributed by atoms with Crippen LogP contribution in [0.15, 0.2) is 47.8 Å². The van der Waals surface area contributed by atoms with Crippen molar-refractivity contribution in [3.63, 3.8) is 0 Å². The molecular formula is C15H13N3O3S. The number of hydrogen-bond donors (Lipinski definition) is 0. The van der Waals surface area contributed by atoms with Gasteiger partial charge in [0.05, 0.1) is 22.0 Å². The summed E-state index contributed by atoms with van der Waals surface area (Å²) in [5, 5.41) is 0.533. The lowest BCUT2D eigenvalue weighted by atomic mass is 10.2. The monoisotopic (exact) mass is 315 g/mol. The summed E-state index contributed by atoms with van der Waals surface area (Å²) in [6.07, 6.45) is 4.12. The maximum atomic E-state index is 11.7. The van der Waals surface area contributed by atoms with E-state index in [-0.39, 0.29) is 4.90 Å². The van der Waals surface area contributed by atoms with Crippen molar-refractivity contribution in [1.29, 1.82) is 0 Å². The summed E-state index contributed by atoms with van der Waals surface area (Å²) in [6, 6.07) is 8.26. The molecule has 0 aliphatic heterocycles. The Balaban J connectivity index is 2.10. The van der Waals surface area contributed by atoms with Gasteiger partial charge in [-0.1, -0.05) is 0 Å². The highest BCUT2D eigenvalue weighted by Gasteiger charge is 2.12. The second kappa shape index (κ2) is 5.34. The average molecular weight is 315 g/mol. The number of ether oxygens (including phenoxy) is 1. The predicted molar refractivity (Wildman–Crippen MR) is 81.7 cm³/mol. The number of sulfone groups is 1. The second-order valence-corrected chi connectivity index (χ2v) is 6.88. The minimum Gasteiger partial charge on any atom is -0.437 e. The van der Waals surface area contributed by atoms with Crippen molar-refractivity contribution in [2.45, 2.75) is 11.8 Å². The Kier molecular flexibility index (Phi) is 3.50. The number of nitrogens with zero attached hydrogens (tertiary/aromatic N) is 3. The molecule has 0 aliphatic carbocycles. The molecule has 0 unspecified atom stereocenters. The van der Waals surface area contributed by atoms with Crippen molar-refractivity contribution in [2.24, 2.45) is 0 Å². The van der Waals surface area contributed by atoms with Crippen LogP contribution in [0.4, 0.5) is 0 Å². The molecule has 0 saturated heterocycles. The molecular weight excluding hydrogens is 302 g/mol. The first kappa shape index (κ1) is 14.4. The number of hydrogen-bond acceptors (Lipinski definition) is 6. The van der Waals surface area contributed by atoms with Crippen LogP contribution in [0.3, 0.4) is 0 Å². The molecule has 7 heteroatoms. The lowest BCUT2D eigenvalue weighted by molar-refractivity contribution is 0.465. The van der Waals surface area contributed by atoms with Crippen molar-refractivity contribution >= 4 is 20.7 Å². The largest absolute Gasteiger partial charge is 0.437 e. The van der Waals surface area contributed by atoms with Gasteiger partial charge in [-0.25, -0.2) is 18.4 Å². The van der Waals surface area contributed by atoms with E-state index < -0.39 is 9.84 Å². The molecule has 0 saturated carbocycles. The SMILES string of the molecule is Cc1ccc(Oc2ncnc3ccc(S(C)(=O)=O)cc23)cn1. The molecule has 0 N–H and O–H groups in total. The van der Waals surface area contributed by atoms with Gasteiger partial charge in [-0.05, 0) is 37.3 Å². The first-order valence-electron chi connectivity index (χ1n) is 6.49. The van der Waals surface area contributed by atoms with Crippen LogP contribution in [-0.4, -0.2) is 29.6 Å². The highest BCUT2D eigenvalue weighted by molar-refractivity contribution is 7.90. The number of rotatable bonds is 3. The standard InChI is InChI=1S/C15H13N3O3S/c1-10-3-4-11(8-16-10)21-15-13-7-12(22(2,19)20)5-6-14(13)17-9-18-15/h3-9H,1-2H3. The summed E-state index contributed by atoms with van der Waals surface area (Å²) in [7, 11) is -3.31. The van der Waals surface area contributed by atoms with Gasteiger partial charge in [0, 0.05) is 11.9 Å². The molecule has 0 amide bonds. The molecule has 0 fully saturated rings. The van der Waals surface area contributed by atoms with Gasteiger partial charge < -0.3 is 4.74 Å². The van der Waals surface area contributed by atoms with E-state index in [1.807, 2.05) is 13.0 Å². The molecule has 0 aliphatic rings. The van der Waals surface area contributed by atoms with Gasteiger partial charge in [0.15, 0.2) is 9.84 Å². The third-order valence-corrected chi connectivity index (χ3v) is 4.21. The molecule has 3 aromatic rings. The molecule has 0 radical (unpaired) electrons. The van der Waals surface area contributed by atoms with Gasteiger partial charge in [-0.15, -0.1) is 0 Å².